The molecule has 3 N–H and O–H groups in total. The molecule has 8 heteroatoms. The molecule has 1 heterocycles. The van der Waals surface area contributed by atoms with E-state index in [0.29, 0.717) is 17.9 Å². The van der Waals surface area contributed by atoms with E-state index in [1.54, 1.807) is 12.3 Å². The number of H-pyrrole nitrogens is 1. The highest BCUT2D eigenvalue weighted by Crippen LogP contribution is 2.60. The van der Waals surface area contributed by atoms with Gasteiger partial charge in [-0.1, -0.05) is 24.4 Å². The van der Waals surface area contributed by atoms with Crippen LogP contribution in [-0.4, -0.2) is 35.0 Å². The molecule has 3 aliphatic carbocycles. The van der Waals surface area contributed by atoms with E-state index in [0.717, 1.165) is 42.1 Å². The summed E-state index contributed by atoms with van der Waals surface area (Å²) in [5, 5.41) is 19.4. The highest BCUT2D eigenvalue weighted by Gasteiger charge is 2.63. The highest BCUT2D eigenvalue weighted by molar-refractivity contribution is 7.90. The second-order valence-electron chi connectivity index (χ2n) is 8.15. The van der Waals surface area contributed by atoms with Crippen LogP contribution in [0.3, 0.4) is 0 Å². The van der Waals surface area contributed by atoms with Crippen LogP contribution >= 0.6 is 11.6 Å². The zero-order valence-electron chi connectivity index (χ0n) is 14.3. The third kappa shape index (κ3) is 2.59. The molecule has 1 aromatic carbocycles. The van der Waals surface area contributed by atoms with Gasteiger partial charge in [-0.2, -0.15) is 5.10 Å². The standard InChI is InChI=1S/C18H22ClN3O3S/c19-10-5-15(14-9-20-21-16(14)6-10)18(23)7-12-13(8-18)17(12)22-26(24,25)11-3-1-2-4-11/h5-6,9,11-13,17,22-23H,1-4,7-8H2,(H,20,21)/t12-,13+,17?,18?. The summed E-state index contributed by atoms with van der Waals surface area (Å²) >= 11 is 6.21. The smallest absolute Gasteiger partial charge is 0.214 e. The van der Waals surface area contributed by atoms with Gasteiger partial charge in [0.25, 0.3) is 0 Å². The Hall–Kier alpha value is -1.15. The molecule has 3 fully saturated rings. The minimum absolute atomic E-state index is 0.0279. The van der Waals surface area contributed by atoms with Crippen molar-refractivity contribution < 1.29 is 13.5 Å². The molecule has 3 saturated carbocycles. The van der Waals surface area contributed by atoms with Crippen LogP contribution in [-0.2, 0) is 15.6 Å². The number of hydrogen-bond donors (Lipinski definition) is 3. The molecule has 26 heavy (non-hydrogen) atoms. The largest absolute Gasteiger partial charge is 0.385 e. The lowest BCUT2D eigenvalue weighted by Gasteiger charge is -2.27. The maximum absolute atomic E-state index is 12.5. The van der Waals surface area contributed by atoms with E-state index < -0.39 is 15.6 Å². The van der Waals surface area contributed by atoms with Gasteiger partial charge in [0, 0.05) is 16.5 Å². The van der Waals surface area contributed by atoms with Gasteiger partial charge in [-0.15, -0.1) is 0 Å². The lowest BCUT2D eigenvalue weighted by molar-refractivity contribution is 0.0303. The molecule has 0 saturated heterocycles. The van der Waals surface area contributed by atoms with Gasteiger partial charge in [0.15, 0.2) is 0 Å². The number of hydrogen-bond acceptors (Lipinski definition) is 4. The Morgan fingerprint density at radius 2 is 1.92 bits per heavy atom. The molecule has 5 rings (SSSR count). The van der Waals surface area contributed by atoms with Gasteiger partial charge >= 0.3 is 0 Å². The van der Waals surface area contributed by atoms with Crippen molar-refractivity contribution in [1.29, 1.82) is 0 Å². The van der Waals surface area contributed by atoms with Crippen molar-refractivity contribution in [2.24, 2.45) is 11.8 Å². The second-order valence-corrected chi connectivity index (χ2v) is 10.6. The predicted octanol–water partition coefficient (Wildman–Crippen LogP) is 2.67. The minimum Gasteiger partial charge on any atom is -0.385 e. The number of nitrogens with one attached hydrogen (secondary N) is 2. The summed E-state index contributed by atoms with van der Waals surface area (Å²) in [6.45, 7) is 0. The number of halogens is 1. The van der Waals surface area contributed by atoms with Gasteiger partial charge in [0.1, 0.15) is 0 Å². The van der Waals surface area contributed by atoms with Gasteiger partial charge in [-0.25, -0.2) is 13.1 Å². The van der Waals surface area contributed by atoms with E-state index in [9.17, 15) is 13.5 Å². The van der Waals surface area contributed by atoms with E-state index in [4.69, 9.17) is 11.6 Å². The first-order chi connectivity index (χ1) is 12.4. The van der Waals surface area contributed by atoms with E-state index in [-0.39, 0.29) is 23.1 Å². The summed E-state index contributed by atoms with van der Waals surface area (Å²) in [5.41, 5.74) is 0.621. The summed E-state index contributed by atoms with van der Waals surface area (Å²) < 4.78 is 28.0. The molecule has 0 radical (unpaired) electrons. The third-order valence-corrected chi connectivity index (χ3v) is 8.71. The number of aromatic amines is 1. The normalized spacial score (nSPS) is 34.5. The van der Waals surface area contributed by atoms with Crippen LogP contribution in [0.15, 0.2) is 18.3 Å². The van der Waals surface area contributed by atoms with Crippen LogP contribution in [0.4, 0.5) is 0 Å². The average molecular weight is 396 g/mol. The molecule has 0 spiro atoms. The van der Waals surface area contributed by atoms with Crippen molar-refractivity contribution in [1.82, 2.24) is 14.9 Å². The number of benzene rings is 1. The number of fused-ring (bicyclic) bond motifs is 2. The predicted molar refractivity (Wildman–Crippen MR) is 99.3 cm³/mol. The molecule has 2 aromatic rings. The number of aliphatic hydroxyl groups is 1. The van der Waals surface area contributed by atoms with Crippen molar-refractivity contribution in [3.63, 3.8) is 0 Å². The Labute approximate surface area is 157 Å². The Kier molecular flexibility index (Phi) is 3.71. The number of sulfonamides is 1. The molecule has 140 valence electrons. The van der Waals surface area contributed by atoms with Gasteiger partial charge in [-0.3, -0.25) is 5.10 Å². The van der Waals surface area contributed by atoms with E-state index in [1.165, 1.54) is 0 Å². The Bertz CT molecular complexity index is 955. The summed E-state index contributed by atoms with van der Waals surface area (Å²) in [5.74, 6) is 0.384. The summed E-state index contributed by atoms with van der Waals surface area (Å²) in [6, 6.07) is 3.58. The zero-order chi connectivity index (χ0) is 18.1. The lowest BCUT2D eigenvalue weighted by Crippen LogP contribution is -2.38. The summed E-state index contributed by atoms with van der Waals surface area (Å²) in [7, 11) is -3.24. The minimum atomic E-state index is -3.24. The Morgan fingerprint density at radius 1 is 1.23 bits per heavy atom. The van der Waals surface area contributed by atoms with Crippen molar-refractivity contribution in [3.8, 4) is 0 Å². The van der Waals surface area contributed by atoms with Crippen molar-refractivity contribution in [3.05, 3.63) is 28.9 Å². The molecule has 0 amide bonds. The van der Waals surface area contributed by atoms with Crippen LogP contribution < -0.4 is 4.72 Å². The maximum atomic E-state index is 12.5. The second kappa shape index (κ2) is 5.67. The quantitative estimate of drug-likeness (QED) is 0.741. The van der Waals surface area contributed by atoms with Gasteiger partial charge in [0.05, 0.1) is 22.6 Å². The lowest BCUT2D eigenvalue weighted by atomic mass is 9.86. The van der Waals surface area contributed by atoms with Gasteiger partial charge in [-0.05, 0) is 55.2 Å². The average Bonchev–Trinajstić information content (AvgIpc) is 3.13. The van der Waals surface area contributed by atoms with Crippen molar-refractivity contribution in [2.75, 3.05) is 0 Å². The van der Waals surface area contributed by atoms with Crippen molar-refractivity contribution in [2.45, 2.75) is 55.4 Å². The Morgan fingerprint density at radius 3 is 2.62 bits per heavy atom. The monoisotopic (exact) mass is 395 g/mol. The number of rotatable bonds is 4. The first-order valence-electron chi connectivity index (χ1n) is 9.24. The Balaban J connectivity index is 1.34. The highest BCUT2D eigenvalue weighted by atomic mass is 35.5. The first-order valence-corrected chi connectivity index (χ1v) is 11.2. The molecular weight excluding hydrogens is 374 g/mol. The molecule has 2 unspecified atom stereocenters. The van der Waals surface area contributed by atoms with E-state index >= 15 is 0 Å². The van der Waals surface area contributed by atoms with Crippen LogP contribution in [0.25, 0.3) is 10.9 Å². The first kappa shape index (κ1) is 17.0. The fourth-order valence-corrected chi connectivity index (χ4v) is 7.24. The summed E-state index contributed by atoms with van der Waals surface area (Å²) in [4.78, 5) is 0. The SMILES string of the molecule is O=S(=O)(NC1[C@H]2CC(O)(c3cc(Cl)cc4[nH]ncc34)C[C@@H]12)C1CCCC1. The van der Waals surface area contributed by atoms with E-state index in [1.807, 2.05) is 6.07 Å². The van der Waals surface area contributed by atoms with Crippen LogP contribution in [0.2, 0.25) is 5.02 Å². The molecule has 4 atom stereocenters. The zero-order valence-corrected chi connectivity index (χ0v) is 15.9. The maximum Gasteiger partial charge on any atom is 0.214 e. The fourth-order valence-electron chi connectivity index (χ4n) is 5.15. The molecule has 0 aliphatic heterocycles. The van der Waals surface area contributed by atoms with Gasteiger partial charge < -0.3 is 5.11 Å². The number of aromatic nitrogens is 2. The summed E-state index contributed by atoms with van der Waals surface area (Å²) in [6.07, 6.45) is 6.34. The van der Waals surface area contributed by atoms with Crippen LogP contribution in [0.5, 0.6) is 0 Å². The van der Waals surface area contributed by atoms with Crippen LogP contribution in [0.1, 0.15) is 44.1 Å². The van der Waals surface area contributed by atoms with Crippen molar-refractivity contribution >= 4 is 32.5 Å². The third-order valence-electron chi connectivity index (χ3n) is 6.54. The fraction of sp³-hybridized carbons (Fsp3) is 0.611. The topological polar surface area (TPSA) is 95.1 Å². The molecule has 1 aromatic heterocycles. The molecule has 3 aliphatic rings. The molecule has 0 bridgehead atoms. The van der Waals surface area contributed by atoms with Gasteiger partial charge in [0.2, 0.25) is 10.0 Å². The van der Waals surface area contributed by atoms with Crippen LogP contribution in [0, 0.1) is 11.8 Å². The van der Waals surface area contributed by atoms with E-state index in [2.05, 4.69) is 14.9 Å². The number of nitrogens with zero attached hydrogens (tertiary/aromatic N) is 1. The molecular formula is C18H22ClN3O3S. The molecule has 6 nitrogen and oxygen atoms in total.